The summed E-state index contributed by atoms with van der Waals surface area (Å²) in [6.07, 6.45) is 0. The second-order valence-electron chi connectivity index (χ2n) is 6.73. The highest BCUT2D eigenvalue weighted by Gasteiger charge is 2.16. The van der Waals surface area contributed by atoms with Crippen molar-refractivity contribution < 1.29 is 9.59 Å². The molecule has 0 saturated heterocycles. The molecule has 4 rings (SSSR count). The van der Waals surface area contributed by atoms with Crippen molar-refractivity contribution in [2.75, 3.05) is 16.4 Å². The molecular formula is C22H19N5O2S2. The van der Waals surface area contributed by atoms with E-state index in [2.05, 4.69) is 25.8 Å². The molecule has 2 heterocycles. The molecule has 0 atom stereocenters. The molecule has 0 unspecified atom stereocenters. The number of benzene rings is 2. The number of fused-ring (bicyclic) bond motifs is 1. The molecule has 2 aromatic carbocycles. The Hall–Kier alpha value is -3.30. The Balaban J connectivity index is 1.47. The summed E-state index contributed by atoms with van der Waals surface area (Å²) < 4.78 is 0.968. The molecule has 0 radical (unpaired) electrons. The van der Waals surface area contributed by atoms with Gasteiger partial charge in [0.25, 0.3) is 0 Å². The van der Waals surface area contributed by atoms with Gasteiger partial charge in [0.05, 0.1) is 15.5 Å². The van der Waals surface area contributed by atoms with Gasteiger partial charge in [0, 0.05) is 23.9 Å². The Morgan fingerprint density at radius 2 is 1.65 bits per heavy atom. The van der Waals surface area contributed by atoms with E-state index in [1.807, 2.05) is 37.3 Å². The highest BCUT2D eigenvalue weighted by molar-refractivity contribution is 8.00. The maximum atomic E-state index is 12.4. The van der Waals surface area contributed by atoms with Crippen LogP contribution in [0.5, 0.6) is 0 Å². The van der Waals surface area contributed by atoms with Gasteiger partial charge in [-0.15, -0.1) is 21.5 Å². The zero-order valence-electron chi connectivity index (χ0n) is 16.9. The van der Waals surface area contributed by atoms with Crippen LogP contribution in [-0.4, -0.2) is 32.7 Å². The van der Waals surface area contributed by atoms with Crippen molar-refractivity contribution in [2.24, 2.45) is 0 Å². The smallest absolute Gasteiger partial charge is 0.234 e. The first-order chi connectivity index (χ1) is 15.0. The van der Waals surface area contributed by atoms with E-state index >= 15 is 0 Å². The summed E-state index contributed by atoms with van der Waals surface area (Å²) in [5.74, 6) is -0.124. The fourth-order valence-electron chi connectivity index (χ4n) is 2.97. The molecule has 0 spiro atoms. The molecule has 0 aliphatic heterocycles. The summed E-state index contributed by atoms with van der Waals surface area (Å²) in [6, 6.07) is 16.8. The van der Waals surface area contributed by atoms with Crippen LogP contribution >= 0.6 is 23.1 Å². The Morgan fingerprint density at radius 1 is 0.968 bits per heavy atom. The number of thiazole rings is 1. The van der Waals surface area contributed by atoms with E-state index in [0.717, 1.165) is 26.5 Å². The molecule has 0 bridgehead atoms. The fourth-order valence-corrected chi connectivity index (χ4v) is 4.69. The van der Waals surface area contributed by atoms with Gasteiger partial charge in [0.2, 0.25) is 11.8 Å². The second kappa shape index (κ2) is 9.23. The molecular weight excluding hydrogens is 430 g/mol. The first-order valence-electron chi connectivity index (χ1n) is 9.49. The van der Waals surface area contributed by atoms with Gasteiger partial charge in [-0.05, 0) is 31.2 Å². The van der Waals surface area contributed by atoms with E-state index in [1.165, 1.54) is 18.7 Å². The molecule has 0 aliphatic carbocycles. The lowest BCUT2D eigenvalue weighted by Gasteiger charge is -2.07. The molecule has 156 valence electrons. The van der Waals surface area contributed by atoms with Crippen LogP contribution in [0, 0.1) is 6.92 Å². The quantitative estimate of drug-likeness (QED) is 0.412. The zero-order valence-corrected chi connectivity index (χ0v) is 18.5. The lowest BCUT2D eigenvalue weighted by atomic mass is 10.1. The molecule has 7 nitrogen and oxygen atoms in total. The van der Waals surface area contributed by atoms with E-state index in [9.17, 15) is 9.59 Å². The average Bonchev–Trinajstić information content (AvgIpc) is 3.15. The van der Waals surface area contributed by atoms with Crippen LogP contribution in [-0.2, 0) is 9.59 Å². The van der Waals surface area contributed by atoms with Crippen LogP contribution in [0.3, 0.4) is 0 Å². The number of amides is 2. The highest BCUT2D eigenvalue weighted by Crippen LogP contribution is 2.35. The first-order valence-corrected chi connectivity index (χ1v) is 11.3. The van der Waals surface area contributed by atoms with E-state index in [4.69, 9.17) is 0 Å². The van der Waals surface area contributed by atoms with Gasteiger partial charge in [0.15, 0.2) is 0 Å². The van der Waals surface area contributed by atoms with Crippen molar-refractivity contribution in [3.63, 3.8) is 0 Å². The van der Waals surface area contributed by atoms with E-state index in [1.54, 1.807) is 35.6 Å². The van der Waals surface area contributed by atoms with Crippen LogP contribution in [0.15, 0.2) is 59.6 Å². The first kappa shape index (κ1) is 21.0. The number of aryl methyl sites for hydroxylation is 1. The number of carbonyl (C=O) groups excluding carboxylic acids is 2. The van der Waals surface area contributed by atoms with Crippen molar-refractivity contribution in [3.8, 4) is 11.3 Å². The molecule has 2 amide bonds. The van der Waals surface area contributed by atoms with Crippen molar-refractivity contribution in [2.45, 2.75) is 18.9 Å². The van der Waals surface area contributed by atoms with Crippen molar-refractivity contribution in [1.82, 2.24) is 15.2 Å². The van der Waals surface area contributed by atoms with Crippen LogP contribution in [0.4, 0.5) is 11.4 Å². The van der Waals surface area contributed by atoms with Crippen LogP contribution in [0.2, 0.25) is 0 Å². The summed E-state index contributed by atoms with van der Waals surface area (Å²) in [4.78, 5) is 28.1. The topological polar surface area (TPSA) is 96.9 Å². The van der Waals surface area contributed by atoms with E-state index in [-0.39, 0.29) is 17.6 Å². The van der Waals surface area contributed by atoms with Gasteiger partial charge in [-0.2, -0.15) is 0 Å². The summed E-state index contributed by atoms with van der Waals surface area (Å²) >= 11 is 2.88. The number of aromatic nitrogens is 3. The van der Waals surface area contributed by atoms with Crippen molar-refractivity contribution in [1.29, 1.82) is 0 Å². The minimum atomic E-state index is -0.161. The maximum Gasteiger partial charge on any atom is 0.234 e. The van der Waals surface area contributed by atoms with Gasteiger partial charge < -0.3 is 10.6 Å². The molecule has 0 fully saturated rings. The van der Waals surface area contributed by atoms with Gasteiger partial charge in [-0.1, -0.05) is 42.1 Å². The molecule has 2 N–H and O–H groups in total. The lowest BCUT2D eigenvalue weighted by Crippen LogP contribution is -2.14. The Kier molecular flexibility index (Phi) is 6.24. The number of carbonyl (C=O) groups is 2. The summed E-state index contributed by atoms with van der Waals surface area (Å²) in [5, 5.41) is 15.9. The summed E-state index contributed by atoms with van der Waals surface area (Å²) in [5.41, 5.74) is 3.89. The average molecular weight is 450 g/mol. The summed E-state index contributed by atoms with van der Waals surface area (Å²) in [6.45, 7) is 3.40. The Bertz CT molecular complexity index is 1240. The van der Waals surface area contributed by atoms with Crippen LogP contribution < -0.4 is 10.6 Å². The number of nitrogens with zero attached hydrogens (tertiary/aromatic N) is 3. The Labute approximate surface area is 187 Å². The van der Waals surface area contributed by atoms with Gasteiger partial charge in [0.1, 0.15) is 16.2 Å². The third kappa shape index (κ3) is 5.07. The third-order valence-corrected chi connectivity index (χ3v) is 6.20. The normalized spacial score (nSPS) is 10.8. The van der Waals surface area contributed by atoms with Crippen molar-refractivity contribution >= 4 is 56.5 Å². The van der Waals surface area contributed by atoms with E-state index in [0.29, 0.717) is 16.4 Å². The molecule has 0 saturated carbocycles. The van der Waals surface area contributed by atoms with Crippen LogP contribution in [0.1, 0.15) is 11.9 Å². The number of hydrogen-bond donors (Lipinski definition) is 2. The standard InChI is InChI=1S/C22H19N5O2S2/c1-13(28)23-16-8-10-17(11-9-16)25-18(29)12-30-22-20-21(31-14(2)24-20)19(26-27-22)15-6-4-3-5-7-15/h3-11H,12H2,1-2H3,(H,23,28)(H,25,29). The second-order valence-corrected chi connectivity index (χ2v) is 8.89. The SMILES string of the molecule is CC(=O)Nc1ccc(NC(=O)CSc2nnc(-c3ccccc3)c3sc(C)nc23)cc1. The predicted molar refractivity (Wildman–Crippen MR) is 125 cm³/mol. The summed E-state index contributed by atoms with van der Waals surface area (Å²) in [7, 11) is 0. The molecule has 31 heavy (non-hydrogen) atoms. The minimum Gasteiger partial charge on any atom is -0.326 e. The van der Waals surface area contributed by atoms with Crippen LogP contribution in [0.25, 0.3) is 21.5 Å². The van der Waals surface area contributed by atoms with E-state index < -0.39 is 0 Å². The molecule has 2 aromatic heterocycles. The lowest BCUT2D eigenvalue weighted by molar-refractivity contribution is -0.114. The number of nitrogens with one attached hydrogen (secondary N) is 2. The van der Waals surface area contributed by atoms with Gasteiger partial charge in [-0.25, -0.2) is 4.98 Å². The maximum absolute atomic E-state index is 12.4. The Morgan fingerprint density at radius 3 is 2.32 bits per heavy atom. The molecule has 4 aromatic rings. The number of hydrogen-bond acceptors (Lipinski definition) is 7. The molecule has 0 aliphatic rings. The number of rotatable bonds is 6. The number of thioether (sulfide) groups is 1. The fraction of sp³-hybridized carbons (Fsp3) is 0.136. The van der Waals surface area contributed by atoms with Crippen molar-refractivity contribution in [3.05, 3.63) is 59.6 Å². The predicted octanol–water partition coefficient (Wildman–Crippen LogP) is 4.75. The monoisotopic (exact) mass is 449 g/mol. The highest BCUT2D eigenvalue weighted by atomic mass is 32.2. The zero-order chi connectivity index (χ0) is 21.8. The van der Waals surface area contributed by atoms with Gasteiger partial charge >= 0.3 is 0 Å². The minimum absolute atomic E-state index is 0.142. The largest absolute Gasteiger partial charge is 0.326 e. The third-order valence-electron chi connectivity index (χ3n) is 4.27. The van der Waals surface area contributed by atoms with Gasteiger partial charge in [-0.3, -0.25) is 9.59 Å². The number of anilines is 2. The molecule has 9 heteroatoms.